The highest BCUT2D eigenvalue weighted by Crippen LogP contribution is 2.28. The van der Waals surface area contributed by atoms with Crippen LogP contribution in [-0.4, -0.2) is 36.8 Å². The molecule has 3 heterocycles. The molecule has 1 saturated heterocycles. The van der Waals surface area contributed by atoms with Crippen molar-refractivity contribution in [2.75, 3.05) is 0 Å². The van der Waals surface area contributed by atoms with Crippen molar-refractivity contribution in [3.05, 3.63) is 72.3 Å². The van der Waals surface area contributed by atoms with E-state index in [1.807, 2.05) is 30.3 Å². The molecular formula is C18H16N6O2. The largest absolute Gasteiger partial charge is 0.325 e. The van der Waals surface area contributed by atoms with E-state index in [0.29, 0.717) is 11.4 Å². The summed E-state index contributed by atoms with van der Waals surface area (Å²) >= 11 is 0. The zero-order valence-corrected chi connectivity index (χ0v) is 14.0. The molecular weight excluding hydrogens is 332 g/mol. The molecule has 2 aromatic heterocycles. The Kier molecular flexibility index (Phi) is 3.72. The van der Waals surface area contributed by atoms with Crippen molar-refractivity contribution in [1.82, 2.24) is 30.2 Å². The fourth-order valence-electron chi connectivity index (χ4n) is 2.89. The average molecular weight is 348 g/mol. The Bertz CT molecular complexity index is 956. The molecule has 0 spiro atoms. The van der Waals surface area contributed by atoms with Gasteiger partial charge in [-0.1, -0.05) is 24.3 Å². The van der Waals surface area contributed by atoms with Gasteiger partial charge in [-0.05, 0) is 31.2 Å². The monoisotopic (exact) mass is 348 g/mol. The predicted molar refractivity (Wildman–Crippen MR) is 92.0 cm³/mol. The number of amides is 3. The SMILES string of the molecule is C[C@]1(c2ccccn2)NC(=O)N(Cc2cnn(-c3ccccc3)n2)C1=O. The number of rotatable bonds is 4. The van der Waals surface area contributed by atoms with Crippen molar-refractivity contribution in [1.29, 1.82) is 0 Å². The van der Waals surface area contributed by atoms with E-state index in [4.69, 9.17) is 0 Å². The van der Waals surface area contributed by atoms with Crippen LogP contribution in [0, 0.1) is 0 Å². The van der Waals surface area contributed by atoms with Crippen molar-refractivity contribution < 1.29 is 9.59 Å². The van der Waals surface area contributed by atoms with E-state index in [-0.39, 0.29) is 12.5 Å². The number of nitrogens with one attached hydrogen (secondary N) is 1. The topological polar surface area (TPSA) is 93.0 Å². The normalized spacial score (nSPS) is 19.7. The van der Waals surface area contributed by atoms with Gasteiger partial charge in [0.1, 0.15) is 5.69 Å². The van der Waals surface area contributed by atoms with Crippen LogP contribution in [0.4, 0.5) is 4.79 Å². The molecule has 1 atom stereocenters. The number of imide groups is 1. The summed E-state index contributed by atoms with van der Waals surface area (Å²) in [5.41, 5.74) is 0.624. The third kappa shape index (κ3) is 2.61. The maximum Gasteiger partial charge on any atom is 0.325 e. The second-order valence-electron chi connectivity index (χ2n) is 6.12. The molecule has 1 aliphatic rings. The third-order valence-corrected chi connectivity index (χ3v) is 4.30. The number of aromatic nitrogens is 4. The molecule has 1 aromatic carbocycles. The van der Waals surface area contributed by atoms with Crippen molar-refractivity contribution in [2.24, 2.45) is 0 Å². The standard InChI is InChI=1S/C18H16N6O2/c1-18(15-9-5-6-10-19-15)16(25)23(17(26)21-18)12-13-11-20-24(22-13)14-7-3-2-4-8-14/h2-11H,12H2,1H3,(H,21,26)/t18-/m1/s1. The van der Waals surface area contributed by atoms with Crippen LogP contribution >= 0.6 is 0 Å². The number of pyridine rings is 1. The fraction of sp³-hybridized carbons (Fsp3) is 0.167. The van der Waals surface area contributed by atoms with Crippen molar-refractivity contribution in [3.63, 3.8) is 0 Å². The molecule has 1 aliphatic heterocycles. The first kappa shape index (κ1) is 15.9. The lowest BCUT2D eigenvalue weighted by Gasteiger charge is -2.20. The number of carbonyl (C=O) groups excluding carboxylic acids is 2. The van der Waals surface area contributed by atoms with Crippen LogP contribution in [0.25, 0.3) is 5.69 Å². The predicted octanol–water partition coefficient (Wildman–Crippen LogP) is 1.63. The van der Waals surface area contributed by atoms with Crippen molar-refractivity contribution >= 4 is 11.9 Å². The minimum Gasteiger partial charge on any atom is -0.318 e. The summed E-state index contributed by atoms with van der Waals surface area (Å²) in [5, 5.41) is 11.3. The quantitative estimate of drug-likeness (QED) is 0.724. The maximum absolute atomic E-state index is 12.9. The van der Waals surface area contributed by atoms with Crippen molar-refractivity contribution in [2.45, 2.75) is 19.0 Å². The van der Waals surface area contributed by atoms with Crippen molar-refractivity contribution in [3.8, 4) is 5.69 Å². The number of hydrogen-bond acceptors (Lipinski definition) is 5. The molecule has 8 nitrogen and oxygen atoms in total. The number of nitrogens with zero attached hydrogens (tertiary/aromatic N) is 5. The Balaban J connectivity index is 1.57. The number of urea groups is 1. The summed E-state index contributed by atoms with van der Waals surface area (Å²) in [7, 11) is 0. The molecule has 3 amide bonds. The second kappa shape index (κ2) is 6.07. The third-order valence-electron chi connectivity index (χ3n) is 4.30. The first-order chi connectivity index (χ1) is 12.6. The van der Waals surface area contributed by atoms with E-state index in [1.54, 1.807) is 37.5 Å². The van der Waals surface area contributed by atoms with E-state index < -0.39 is 11.6 Å². The molecule has 0 unspecified atom stereocenters. The van der Waals surface area contributed by atoms with E-state index in [9.17, 15) is 9.59 Å². The average Bonchev–Trinajstić information content (AvgIpc) is 3.23. The van der Waals surface area contributed by atoms with Gasteiger partial charge in [-0.3, -0.25) is 14.7 Å². The molecule has 0 aliphatic carbocycles. The van der Waals surface area contributed by atoms with Gasteiger partial charge in [-0.2, -0.15) is 15.0 Å². The molecule has 8 heteroatoms. The van der Waals surface area contributed by atoms with E-state index in [1.165, 1.54) is 4.80 Å². The Morgan fingerprint density at radius 3 is 2.58 bits per heavy atom. The number of carbonyl (C=O) groups is 2. The van der Waals surface area contributed by atoms with Crippen LogP contribution < -0.4 is 5.32 Å². The van der Waals surface area contributed by atoms with Gasteiger partial charge in [-0.25, -0.2) is 4.79 Å². The van der Waals surface area contributed by atoms with Gasteiger partial charge in [0.05, 0.1) is 24.1 Å². The number of benzene rings is 1. The highest BCUT2D eigenvalue weighted by Gasteiger charge is 2.50. The first-order valence-electron chi connectivity index (χ1n) is 8.10. The lowest BCUT2D eigenvalue weighted by atomic mass is 9.97. The Morgan fingerprint density at radius 1 is 1.08 bits per heavy atom. The molecule has 1 fully saturated rings. The van der Waals surface area contributed by atoms with Gasteiger partial charge in [0.15, 0.2) is 5.54 Å². The van der Waals surface area contributed by atoms with E-state index in [2.05, 4.69) is 20.5 Å². The minimum atomic E-state index is -1.19. The van der Waals surface area contributed by atoms with Gasteiger partial charge in [0, 0.05) is 6.20 Å². The minimum absolute atomic E-state index is 0.0416. The highest BCUT2D eigenvalue weighted by molar-refractivity contribution is 6.06. The van der Waals surface area contributed by atoms with Gasteiger partial charge < -0.3 is 5.32 Å². The summed E-state index contributed by atoms with van der Waals surface area (Å²) in [4.78, 5) is 32.0. The van der Waals surface area contributed by atoms with Crippen LogP contribution in [0.3, 0.4) is 0 Å². The highest BCUT2D eigenvalue weighted by atomic mass is 16.2. The summed E-state index contributed by atoms with van der Waals surface area (Å²) in [6.07, 6.45) is 3.14. The van der Waals surface area contributed by atoms with E-state index >= 15 is 0 Å². The van der Waals surface area contributed by atoms with Crippen LogP contribution in [0.15, 0.2) is 60.9 Å². The maximum atomic E-state index is 12.9. The Morgan fingerprint density at radius 2 is 1.85 bits per heavy atom. The molecule has 3 aromatic rings. The molecule has 0 radical (unpaired) electrons. The molecule has 0 saturated carbocycles. The van der Waals surface area contributed by atoms with Crippen LogP contribution in [0.5, 0.6) is 0 Å². The zero-order chi connectivity index (χ0) is 18.1. The smallest absolute Gasteiger partial charge is 0.318 e. The summed E-state index contributed by atoms with van der Waals surface area (Å²) in [6.45, 7) is 1.69. The van der Waals surface area contributed by atoms with Crippen LogP contribution in [0.2, 0.25) is 0 Å². The summed E-state index contributed by atoms with van der Waals surface area (Å²) in [6, 6.07) is 14.2. The zero-order valence-electron chi connectivity index (χ0n) is 14.0. The lowest BCUT2D eigenvalue weighted by Crippen LogP contribution is -2.41. The van der Waals surface area contributed by atoms with Gasteiger partial charge >= 0.3 is 6.03 Å². The molecule has 4 rings (SSSR count). The van der Waals surface area contributed by atoms with Gasteiger partial charge in [0.25, 0.3) is 5.91 Å². The van der Waals surface area contributed by atoms with E-state index in [0.717, 1.165) is 10.6 Å². The number of para-hydroxylation sites is 1. The molecule has 0 bridgehead atoms. The lowest BCUT2D eigenvalue weighted by molar-refractivity contribution is -0.131. The Hall–Kier alpha value is -3.55. The fourth-order valence-corrected chi connectivity index (χ4v) is 2.89. The molecule has 130 valence electrons. The number of hydrogen-bond donors (Lipinski definition) is 1. The van der Waals surface area contributed by atoms with Gasteiger partial charge in [0.2, 0.25) is 0 Å². The van der Waals surface area contributed by atoms with Gasteiger partial charge in [-0.15, -0.1) is 0 Å². The molecule has 1 N–H and O–H groups in total. The molecule has 26 heavy (non-hydrogen) atoms. The summed E-state index contributed by atoms with van der Waals surface area (Å²) < 4.78 is 0. The first-order valence-corrected chi connectivity index (χ1v) is 8.10. The Labute approximate surface area is 149 Å². The van der Waals surface area contributed by atoms with Crippen LogP contribution in [-0.2, 0) is 16.9 Å². The van der Waals surface area contributed by atoms with Crippen LogP contribution in [0.1, 0.15) is 18.3 Å². The summed E-state index contributed by atoms with van der Waals surface area (Å²) in [5.74, 6) is -0.365. The second-order valence-corrected chi connectivity index (χ2v) is 6.12.